The smallest absolute Gasteiger partial charge is 0.244 e. The molecule has 0 atom stereocenters. The molecule has 0 bridgehead atoms. The summed E-state index contributed by atoms with van der Waals surface area (Å²) in [7, 11) is 0. The van der Waals surface area contributed by atoms with Crippen LogP contribution < -0.4 is 4.74 Å². The Morgan fingerprint density at radius 2 is 1.78 bits per heavy atom. The predicted molar refractivity (Wildman–Crippen MR) is 85.7 cm³/mol. The SMILES string of the molecule is Cc1nc(OC2CCC2)c2nc(-c3ccc(F)cc3)ccc2n1. The Morgan fingerprint density at radius 3 is 2.48 bits per heavy atom. The molecule has 1 fully saturated rings. The third kappa shape index (κ3) is 2.74. The summed E-state index contributed by atoms with van der Waals surface area (Å²) in [6, 6.07) is 10.1. The van der Waals surface area contributed by atoms with E-state index in [0.29, 0.717) is 17.2 Å². The van der Waals surface area contributed by atoms with Gasteiger partial charge in [0.05, 0.1) is 11.2 Å². The minimum absolute atomic E-state index is 0.226. The Kier molecular flexibility index (Phi) is 3.41. The number of halogens is 1. The summed E-state index contributed by atoms with van der Waals surface area (Å²) in [6.07, 6.45) is 3.54. The lowest BCUT2D eigenvalue weighted by Crippen LogP contribution is -2.25. The highest BCUT2D eigenvalue weighted by atomic mass is 19.1. The molecule has 4 nitrogen and oxygen atoms in total. The minimum Gasteiger partial charge on any atom is -0.473 e. The molecule has 0 spiro atoms. The fourth-order valence-corrected chi connectivity index (χ4v) is 2.61. The van der Waals surface area contributed by atoms with Crippen LogP contribution in [0.1, 0.15) is 25.1 Å². The second kappa shape index (κ2) is 5.57. The van der Waals surface area contributed by atoms with E-state index in [-0.39, 0.29) is 11.9 Å². The van der Waals surface area contributed by atoms with Crippen molar-refractivity contribution in [3.05, 3.63) is 48.0 Å². The molecule has 4 rings (SSSR count). The van der Waals surface area contributed by atoms with E-state index in [1.165, 1.54) is 18.6 Å². The van der Waals surface area contributed by atoms with Gasteiger partial charge in [0.1, 0.15) is 17.7 Å². The number of aryl methyl sites for hydroxylation is 1. The van der Waals surface area contributed by atoms with E-state index >= 15 is 0 Å². The first-order valence-corrected chi connectivity index (χ1v) is 7.77. The Bertz CT molecular complexity index is 860. The van der Waals surface area contributed by atoms with Crippen molar-refractivity contribution in [1.82, 2.24) is 15.0 Å². The molecule has 2 aromatic heterocycles. The van der Waals surface area contributed by atoms with Crippen molar-refractivity contribution in [3.63, 3.8) is 0 Å². The maximum absolute atomic E-state index is 13.1. The van der Waals surface area contributed by atoms with E-state index < -0.39 is 0 Å². The number of rotatable bonds is 3. The van der Waals surface area contributed by atoms with E-state index in [1.807, 2.05) is 19.1 Å². The largest absolute Gasteiger partial charge is 0.473 e. The molecular weight excluding hydrogens is 293 g/mol. The number of ether oxygens (including phenoxy) is 1. The molecule has 1 aromatic carbocycles. The molecule has 1 aliphatic carbocycles. The minimum atomic E-state index is -0.262. The van der Waals surface area contributed by atoms with E-state index in [1.54, 1.807) is 12.1 Å². The van der Waals surface area contributed by atoms with Crippen LogP contribution in [-0.2, 0) is 0 Å². The van der Waals surface area contributed by atoms with Crippen LogP contribution in [0.2, 0.25) is 0 Å². The van der Waals surface area contributed by atoms with Gasteiger partial charge in [-0.1, -0.05) is 0 Å². The maximum Gasteiger partial charge on any atom is 0.244 e. The van der Waals surface area contributed by atoms with Crippen molar-refractivity contribution in [3.8, 4) is 17.1 Å². The molecule has 2 heterocycles. The third-order valence-corrected chi connectivity index (χ3v) is 4.09. The van der Waals surface area contributed by atoms with Gasteiger partial charge in [0.15, 0.2) is 5.52 Å². The first-order chi connectivity index (χ1) is 11.2. The van der Waals surface area contributed by atoms with Crippen LogP contribution in [0.4, 0.5) is 4.39 Å². The molecule has 1 saturated carbocycles. The molecule has 0 saturated heterocycles. The highest BCUT2D eigenvalue weighted by molar-refractivity contribution is 5.82. The van der Waals surface area contributed by atoms with Crippen LogP contribution >= 0.6 is 0 Å². The highest BCUT2D eigenvalue weighted by Crippen LogP contribution is 2.29. The average Bonchev–Trinajstić information content (AvgIpc) is 2.51. The van der Waals surface area contributed by atoms with Gasteiger partial charge in [-0.15, -0.1) is 0 Å². The Balaban J connectivity index is 1.80. The summed E-state index contributed by atoms with van der Waals surface area (Å²) in [5.74, 6) is 0.951. The molecular formula is C18H16FN3O. The Hall–Kier alpha value is -2.56. The molecule has 5 heteroatoms. The Morgan fingerprint density at radius 1 is 1.00 bits per heavy atom. The average molecular weight is 309 g/mol. The summed E-state index contributed by atoms with van der Waals surface area (Å²) in [6.45, 7) is 1.85. The summed E-state index contributed by atoms with van der Waals surface area (Å²) in [5.41, 5.74) is 3.02. The summed E-state index contributed by atoms with van der Waals surface area (Å²) < 4.78 is 19.1. The van der Waals surface area contributed by atoms with Crippen molar-refractivity contribution >= 4 is 11.0 Å². The first kappa shape index (κ1) is 14.1. The Labute approximate surface area is 133 Å². The monoisotopic (exact) mass is 309 g/mol. The summed E-state index contributed by atoms with van der Waals surface area (Å²) in [5, 5.41) is 0. The molecule has 0 amide bonds. The molecule has 0 unspecified atom stereocenters. The molecule has 0 radical (unpaired) electrons. The fourth-order valence-electron chi connectivity index (χ4n) is 2.61. The van der Waals surface area contributed by atoms with Gasteiger partial charge in [-0.25, -0.2) is 14.4 Å². The molecule has 116 valence electrons. The molecule has 3 aromatic rings. The number of fused-ring (bicyclic) bond motifs is 1. The lowest BCUT2D eigenvalue weighted by molar-refractivity contribution is 0.116. The van der Waals surface area contributed by atoms with Crippen molar-refractivity contribution in [2.24, 2.45) is 0 Å². The number of nitrogens with zero attached hydrogens (tertiary/aromatic N) is 3. The van der Waals surface area contributed by atoms with Gasteiger partial charge in [0, 0.05) is 5.56 Å². The zero-order chi connectivity index (χ0) is 15.8. The van der Waals surface area contributed by atoms with E-state index in [0.717, 1.165) is 29.6 Å². The van der Waals surface area contributed by atoms with Crippen LogP contribution in [-0.4, -0.2) is 21.1 Å². The lowest BCUT2D eigenvalue weighted by atomic mass is 9.96. The van der Waals surface area contributed by atoms with Crippen molar-refractivity contribution in [2.75, 3.05) is 0 Å². The second-order valence-electron chi connectivity index (χ2n) is 5.82. The normalized spacial score (nSPS) is 14.7. The first-order valence-electron chi connectivity index (χ1n) is 7.77. The van der Waals surface area contributed by atoms with Crippen molar-refractivity contribution in [1.29, 1.82) is 0 Å². The molecule has 0 aliphatic heterocycles. The molecule has 0 N–H and O–H groups in total. The van der Waals surface area contributed by atoms with Crippen molar-refractivity contribution in [2.45, 2.75) is 32.3 Å². The summed E-state index contributed by atoms with van der Waals surface area (Å²) >= 11 is 0. The van der Waals surface area contributed by atoms with Crippen molar-refractivity contribution < 1.29 is 9.13 Å². The van der Waals surface area contributed by atoms with Crippen LogP contribution in [0.25, 0.3) is 22.3 Å². The lowest BCUT2D eigenvalue weighted by Gasteiger charge is -2.26. The van der Waals surface area contributed by atoms with Gasteiger partial charge in [0.25, 0.3) is 0 Å². The van der Waals surface area contributed by atoms with E-state index in [2.05, 4.69) is 15.0 Å². The number of hydrogen-bond donors (Lipinski definition) is 0. The highest BCUT2D eigenvalue weighted by Gasteiger charge is 2.22. The zero-order valence-electron chi connectivity index (χ0n) is 12.8. The third-order valence-electron chi connectivity index (χ3n) is 4.09. The van der Waals surface area contributed by atoms with Gasteiger partial charge < -0.3 is 4.74 Å². The number of benzene rings is 1. The van der Waals surface area contributed by atoms with Crippen LogP contribution in [0.15, 0.2) is 36.4 Å². The van der Waals surface area contributed by atoms with Gasteiger partial charge in [-0.2, -0.15) is 4.98 Å². The number of pyridine rings is 1. The molecule has 1 aliphatic rings. The van der Waals surface area contributed by atoms with Gasteiger partial charge in [0.2, 0.25) is 5.88 Å². The topological polar surface area (TPSA) is 47.9 Å². The summed E-state index contributed by atoms with van der Waals surface area (Å²) in [4.78, 5) is 13.5. The van der Waals surface area contributed by atoms with Gasteiger partial charge in [-0.3, -0.25) is 0 Å². The molecule has 23 heavy (non-hydrogen) atoms. The number of aromatic nitrogens is 3. The zero-order valence-corrected chi connectivity index (χ0v) is 12.8. The van der Waals surface area contributed by atoms with Crippen LogP contribution in [0.5, 0.6) is 5.88 Å². The standard InChI is InChI=1S/C18H16FN3O/c1-11-20-16-10-9-15(12-5-7-13(19)8-6-12)22-17(16)18(21-11)23-14-3-2-4-14/h5-10,14H,2-4H2,1H3. The number of hydrogen-bond acceptors (Lipinski definition) is 4. The van der Waals surface area contributed by atoms with E-state index in [4.69, 9.17) is 4.74 Å². The predicted octanol–water partition coefficient (Wildman–Crippen LogP) is 4.07. The van der Waals surface area contributed by atoms with Gasteiger partial charge in [-0.05, 0) is 62.6 Å². The van der Waals surface area contributed by atoms with Crippen LogP contribution in [0, 0.1) is 12.7 Å². The quantitative estimate of drug-likeness (QED) is 0.731. The fraction of sp³-hybridized carbons (Fsp3) is 0.278. The van der Waals surface area contributed by atoms with Gasteiger partial charge >= 0.3 is 0 Å². The maximum atomic E-state index is 13.1. The van der Waals surface area contributed by atoms with E-state index in [9.17, 15) is 4.39 Å². The second-order valence-corrected chi connectivity index (χ2v) is 5.82. The van der Waals surface area contributed by atoms with Crippen LogP contribution in [0.3, 0.4) is 0 Å².